The minimum Gasteiger partial charge on any atom is -0.303 e. The van der Waals surface area contributed by atoms with E-state index in [4.69, 9.17) is 0 Å². The molecule has 0 aliphatic rings. The molecule has 0 saturated heterocycles. The second kappa shape index (κ2) is 19.7. The lowest BCUT2D eigenvalue weighted by Gasteiger charge is -2.08. The second-order valence-electron chi connectivity index (χ2n) is 9.58. The standard InChI is InChI=1S/C30H48O2/c1-25(2)13-9-15-27(5)17-11-21-29(23-31)19-7-8-20-30(24-32)22-12-18-28(6)16-10-14-26(3)4/h13-14,17-19,23-24,30H,7-12,15-16,20-22H2,1-6H3/b27-17+,28-18+,29-19-. The van der Waals surface area contributed by atoms with Crippen molar-refractivity contribution in [3.05, 3.63) is 58.2 Å². The first kappa shape index (κ1) is 30.0. The topological polar surface area (TPSA) is 34.1 Å². The number of allylic oxidation sites excluding steroid dienone is 10. The molecule has 2 nitrogen and oxygen atoms in total. The van der Waals surface area contributed by atoms with Crippen molar-refractivity contribution >= 4 is 12.6 Å². The zero-order chi connectivity index (χ0) is 24.2. The van der Waals surface area contributed by atoms with Crippen molar-refractivity contribution in [2.45, 2.75) is 112 Å². The molecular formula is C30H48O2. The fourth-order valence-corrected chi connectivity index (χ4v) is 3.57. The molecule has 0 rings (SSSR count). The molecule has 0 amide bonds. The van der Waals surface area contributed by atoms with E-state index in [-0.39, 0.29) is 5.92 Å². The van der Waals surface area contributed by atoms with Crippen LogP contribution in [0.25, 0.3) is 0 Å². The molecule has 0 aromatic rings. The van der Waals surface area contributed by atoms with Crippen LogP contribution in [-0.4, -0.2) is 12.6 Å². The number of carbonyl (C=O) groups is 2. The lowest BCUT2D eigenvalue weighted by Crippen LogP contribution is -2.01. The molecule has 0 bridgehead atoms. The second-order valence-corrected chi connectivity index (χ2v) is 9.58. The maximum Gasteiger partial charge on any atom is 0.145 e. The summed E-state index contributed by atoms with van der Waals surface area (Å²) < 4.78 is 0. The Kier molecular flexibility index (Phi) is 18.5. The highest BCUT2D eigenvalue weighted by Gasteiger charge is 2.06. The maximum atomic E-state index is 11.4. The van der Waals surface area contributed by atoms with E-state index in [0.29, 0.717) is 0 Å². The van der Waals surface area contributed by atoms with Crippen LogP contribution in [0.3, 0.4) is 0 Å². The Morgan fingerprint density at radius 3 is 1.62 bits per heavy atom. The lowest BCUT2D eigenvalue weighted by atomic mass is 9.96. The van der Waals surface area contributed by atoms with E-state index in [2.05, 4.69) is 71.9 Å². The van der Waals surface area contributed by atoms with Gasteiger partial charge in [0.1, 0.15) is 12.6 Å². The smallest absolute Gasteiger partial charge is 0.145 e. The van der Waals surface area contributed by atoms with Crippen molar-refractivity contribution in [2.24, 2.45) is 5.92 Å². The molecule has 2 heteroatoms. The monoisotopic (exact) mass is 440 g/mol. The van der Waals surface area contributed by atoms with Crippen molar-refractivity contribution in [3.63, 3.8) is 0 Å². The molecule has 32 heavy (non-hydrogen) atoms. The van der Waals surface area contributed by atoms with E-state index in [1.165, 1.54) is 22.3 Å². The fraction of sp³-hybridized carbons (Fsp3) is 0.600. The third-order valence-corrected chi connectivity index (χ3v) is 5.67. The predicted octanol–water partition coefficient (Wildman–Crippen LogP) is 9.04. The molecule has 0 radical (unpaired) electrons. The van der Waals surface area contributed by atoms with Crippen LogP contribution in [0, 0.1) is 5.92 Å². The van der Waals surface area contributed by atoms with Crippen LogP contribution >= 0.6 is 0 Å². The van der Waals surface area contributed by atoms with Crippen LogP contribution in [0.4, 0.5) is 0 Å². The number of rotatable bonds is 18. The van der Waals surface area contributed by atoms with Crippen LogP contribution in [0.15, 0.2) is 58.2 Å². The summed E-state index contributed by atoms with van der Waals surface area (Å²) in [5.41, 5.74) is 6.42. The summed E-state index contributed by atoms with van der Waals surface area (Å²) in [6.45, 7) is 12.9. The number of hydrogen-bond donors (Lipinski definition) is 0. The van der Waals surface area contributed by atoms with Gasteiger partial charge in [0.25, 0.3) is 0 Å². The molecule has 0 fully saturated rings. The van der Waals surface area contributed by atoms with Gasteiger partial charge in [-0.2, -0.15) is 0 Å². The minimum absolute atomic E-state index is 0.122. The van der Waals surface area contributed by atoms with Gasteiger partial charge in [-0.1, -0.05) is 52.7 Å². The molecule has 180 valence electrons. The van der Waals surface area contributed by atoms with Crippen LogP contribution in [0.1, 0.15) is 112 Å². The third kappa shape index (κ3) is 18.8. The zero-order valence-electron chi connectivity index (χ0n) is 21.7. The fourth-order valence-electron chi connectivity index (χ4n) is 3.57. The SMILES string of the molecule is CC(C)=CCC/C(C)=C/CC/C(C=O)=C/CCCC(C=O)CC/C=C(\C)CCC=C(C)C. The molecule has 0 aliphatic heterocycles. The van der Waals surface area contributed by atoms with Gasteiger partial charge in [0.2, 0.25) is 0 Å². The Morgan fingerprint density at radius 2 is 1.12 bits per heavy atom. The third-order valence-electron chi connectivity index (χ3n) is 5.67. The number of hydrogen-bond acceptors (Lipinski definition) is 2. The van der Waals surface area contributed by atoms with Crippen LogP contribution in [-0.2, 0) is 9.59 Å². The van der Waals surface area contributed by atoms with Crippen molar-refractivity contribution in [2.75, 3.05) is 0 Å². The first-order valence-electron chi connectivity index (χ1n) is 12.5. The van der Waals surface area contributed by atoms with Gasteiger partial charge in [-0.15, -0.1) is 0 Å². The number of aldehydes is 2. The average molecular weight is 441 g/mol. The summed E-state index contributed by atoms with van der Waals surface area (Å²) >= 11 is 0. The van der Waals surface area contributed by atoms with Crippen LogP contribution in [0.2, 0.25) is 0 Å². The number of carbonyl (C=O) groups excluding carboxylic acids is 2. The zero-order valence-corrected chi connectivity index (χ0v) is 21.7. The molecule has 0 spiro atoms. The summed E-state index contributed by atoms with van der Waals surface area (Å²) in [7, 11) is 0. The van der Waals surface area contributed by atoms with E-state index in [1.807, 2.05) is 0 Å². The van der Waals surface area contributed by atoms with Crippen molar-refractivity contribution in [3.8, 4) is 0 Å². The minimum atomic E-state index is 0.122. The summed E-state index contributed by atoms with van der Waals surface area (Å²) in [6, 6.07) is 0. The number of unbranched alkanes of at least 4 members (excludes halogenated alkanes) is 1. The molecule has 1 atom stereocenters. The van der Waals surface area contributed by atoms with Gasteiger partial charge in [-0.05, 0) is 118 Å². The average Bonchev–Trinajstić information content (AvgIpc) is 2.73. The Balaban J connectivity index is 4.23. The first-order valence-corrected chi connectivity index (χ1v) is 12.5. The molecule has 0 N–H and O–H groups in total. The normalized spacial score (nSPS) is 13.5. The van der Waals surface area contributed by atoms with Gasteiger partial charge in [-0.3, -0.25) is 4.79 Å². The summed E-state index contributed by atoms with van der Waals surface area (Å²) in [5, 5.41) is 0. The van der Waals surface area contributed by atoms with Gasteiger partial charge in [0.05, 0.1) is 0 Å². The lowest BCUT2D eigenvalue weighted by molar-refractivity contribution is -0.111. The van der Waals surface area contributed by atoms with Crippen LogP contribution < -0.4 is 0 Å². The van der Waals surface area contributed by atoms with E-state index >= 15 is 0 Å². The molecule has 0 aromatic heterocycles. The van der Waals surface area contributed by atoms with Crippen molar-refractivity contribution < 1.29 is 9.59 Å². The largest absolute Gasteiger partial charge is 0.303 e. The first-order chi connectivity index (χ1) is 15.3. The quantitative estimate of drug-likeness (QED) is 0.0921. The van der Waals surface area contributed by atoms with Crippen molar-refractivity contribution in [1.82, 2.24) is 0 Å². The van der Waals surface area contributed by atoms with E-state index in [0.717, 1.165) is 88.8 Å². The summed E-state index contributed by atoms with van der Waals surface area (Å²) in [4.78, 5) is 22.8. The molecule has 1 unspecified atom stereocenters. The highest BCUT2D eigenvalue weighted by molar-refractivity contribution is 5.73. The van der Waals surface area contributed by atoms with Crippen LogP contribution in [0.5, 0.6) is 0 Å². The van der Waals surface area contributed by atoms with Gasteiger partial charge in [0, 0.05) is 5.92 Å². The highest BCUT2D eigenvalue weighted by atomic mass is 16.1. The highest BCUT2D eigenvalue weighted by Crippen LogP contribution is 2.17. The Morgan fingerprint density at radius 1 is 0.594 bits per heavy atom. The maximum absolute atomic E-state index is 11.4. The van der Waals surface area contributed by atoms with E-state index < -0.39 is 0 Å². The van der Waals surface area contributed by atoms with Gasteiger partial charge >= 0.3 is 0 Å². The Hall–Kier alpha value is -1.96. The van der Waals surface area contributed by atoms with Crippen molar-refractivity contribution in [1.29, 1.82) is 0 Å². The van der Waals surface area contributed by atoms with Gasteiger partial charge < -0.3 is 4.79 Å². The van der Waals surface area contributed by atoms with E-state index in [9.17, 15) is 9.59 Å². The van der Waals surface area contributed by atoms with Gasteiger partial charge in [-0.25, -0.2) is 0 Å². The summed E-state index contributed by atoms with van der Waals surface area (Å²) in [6.07, 6.45) is 24.0. The molecule has 0 aliphatic carbocycles. The summed E-state index contributed by atoms with van der Waals surface area (Å²) in [5.74, 6) is 0.122. The predicted molar refractivity (Wildman–Crippen MR) is 141 cm³/mol. The Bertz CT molecular complexity index is 678. The van der Waals surface area contributed by atoms with Gasteiger partial charge in [0.15, 0.2) is 0 Å². The molecule has 0 heterocycles. The molecular weight excluding hydrogens is 392 g/mol. The molecule has 0 saturated carbocycles. The van der Waals surface area contributed by atoms with E-state index in [1.54, 1.807) is 0 Å². The molecule has 0 aromatic carbocycles. The Labute approximate surface area is 198 Å².